The summed E-state index contributed by atoms with van der Waals surface area (Å²) in [5.41, 5.74) is 0. The Bertz CT molecular complexity index is 142. The van der Waals surface area contributed by atoms with Crippen molar-refractivity contribution in [1.29, 1.82) is 0 Å². The Labute approximate surface area is 82.2 Å². The molecule has 1 N–H and O–H groups in total. The Morgan fingerprint density at radius 1 is 1.46 bits per heavy atom. The van der Waals surface area contributed by atoms with Crippen LogP contribution in [0, 0.1) is 0 Å². The highest BCUT2D eigenvalue weighted by Gasteiger charge is 2.10. The molecule has 0 bridgehead atoms. The maximum absolute atomic E-state index is 9.22. The number of rotatable bonds is 7. The molecule has 0 unspecified atom stereocenters. The van der Waals surface area contributed by atoms with Crippen molar-refractivity contribution in [1.82, 2.24) is 9.71 Å². The SMILES string of the molecule is C=CCN(CC)CCN(C)B(C)O. The van der Waals surface area contributed by atoms with Crippen molar-refractivity contribution < 1.29 is 5.02 Å². The highest BCUT2D eigenvalue weighted by atomic mass is 16.2. The first-order valence-electron chi connectivity index (χ1n) is 4.83. The molecule has 0 radical (unpaired) electrons. The lowest BCUT2D eigenvalue weighted by molar-refractivity contribution is 0.285. The van der Waals surface area contributed by atoms with E-state index in [1.165, 1.54) is 0 Å². The summed E-state index contributed by atoms with van der Waals surface area (Å²) >= 11 is 0. The first-order valence-corrected chi connectivity index (χ1v) is 4.83. The smallest absolute Gasteiger partial charge is 0.376 e. The van der Waals surface area contributed by atoms with E-state index in [1.807, 2.05) is 17.9 Å². The Balaban J connectivity index is 3.64. The molecule has 13 heavy (non-hydrogen) atoms. The van der Waals surface area contributed by atoms with Gasteiger partial charge in [0.2, 0.25) is 0 Å². The highest BCUT2D eigenvalue weighted by molar-refractivity contribution is 6.45. The third-order valence-corrected chi connectivity index (χ3v) is 2.24. The largest absolute Gasteiger partial charge is 0.437 e. The van der Waals surface area contributed by atoms with Crippen LogP contribution in [0.3, 0.4) is 0 Å². The minimum absolute atomic E-state index is 0.359. The number of hydrogen-bond donors (Lipinski definition) is 1. The van der Waals surface area contributed by atoms with Gasteiger partial charge in [0.25, 0.3) is 0 Å². The van der Waals surface area contributed by atoms with Crippen molar-refractivity contribution in [3.63, 3.8) is 0 Å². The third kappa shape index (κ3) is 5.85. The van der Waals surface area contributed by atoms with Gasteiger partial charge in [0.05, 0.1) is 0 Å². The molecule has 0 amide bonds. The van der Waals surface area contributed by atoms with Crippen molar-refractivity contribution in [2.45, 2.75) is 13.7 Å². The van der Waals surface area contributed by atoms with Crippen LogP contribution in [-0.4, -0.2) is 55.0 Å². The molecule has 0 rings (SSSR count). The van der Waals surface area contributed by atoms with Crippen molar-refractivity contribution in [3.05, 3.63) is 12.7 Å². The average Bonchev–Trinajstić information content (AvgIpc) is 2.11. The average molecular weight is 184 g/mol. The second-order valence-electron chi connectivity index (χ2n) is 3.29. The second kappa shape index (κ2) is 7.12. The second-order valence-corrected chi connectivity index (χ2v) is 3.29. The van der Waals surface area contributed by atoms with Gasteiger partial charge < -0.3 is 9.83 Å². The quantitative estimate of drug-likeness (QED) is 0.462. The Morgan fingerprint density at radius 3 is 2.46 bits per heavy atom. The number of hydrogen-bond acceptors (Lipinski definition) is 3. The van der Waals surface area contributed by atoms with E-state index in [1.54, 1.807) is 6.82 Å². The van der Waals surface area contributed by atoms with Gasteiger partial charge in [-0.05, 0) is 20.4 Å². The fraction of sp³-hybridized carbons (Fsp3) is 0.778. The Morgan fingerprint density at radius 2 is 2.08 bits per heavy atom. The lowest BCUT2D eigenvalue weighted by atomic mass is 9.86. The van der Waals surface area contributed by atoms with Crippen LogP contribution in [0.4, 0.5) is 0 Å². The zero-order valence-electron chi connectivity index (χ0n) is 9.03. The minimum atomic E-state index is -0.359. The minimum Gasteiger partial charge on any atom is -0.437 e. The standard InChI is InChI=1S/C9H21BN2O/c1-5-7-12(6-2)9-8-11(4)10(3)13/h5,13H,1,6-9H2,2-4H3. The molecule has 0 aliphatic carbocycles. The summed E-state index contributed by atoms with van der Waals surface area (Å²) in [5.74, 6) is 0. The van der Waals surface area contributed by atoms with Crippen molar-refractivity contribution >= 4 is 7.05 Å². The van der Waals surface area contributed by atoms with Crippen LogP contribution >= 0.6 is 0 Å². The van der Waals surface area contributed by atoms with E-state index in [-0.39, 0.29) is 7.05 Å². The van der Waals surface area contributed by atoms with E-state index in [2.05, 4.69) is 18.4 Å². The van der Waals surface area contributed by atoms with Gasteiger partial charge in [-0.1, -0.05) is 13.0 Å². The fourth-order valence-electron chi connectivity index (χ4n) is 1.05. The van der Waals surface area contributed by atoms with Gasteiger partial charge in [-0.25, -0.2) is 0 Å². The molecule has 0 aliphatic heterocycles. The Hall–Kier alpha value is -0.315. The molecule has 76 valence electrons. The zero-order chi connectivity index (χ0) is 10.3. The fourth-order valence-corrected chi connectivity index (χ4v) is 1.05. The van der Waals surface area contributed by atoms with Crippen molar-refractivity contribution in [2.24, 2.45) is 0 Å². The van der Waals surface area contributed by atoms with Gasteiger partial charge in [-0.3, -0.25) is 4.90 Å². The monoisotopic (exact) mass is 184 g/mol. The van der Waals surface area contributed by atoms with Gasteiger partial charge in [0.1, 0.15) is 0 Å². The molecule has 0 saturated carbocycles. The molecule has 0 fully saturated rings. The topological polar surface area (TPSA) is 26.7 Å². The highest BCUT2D eigenvalue weighted by Crippen LogP contribution is 1.91. The van der Waals surface area contributed by atoms with E-state index < -0.39 is 0 Å². The molecule has 0 aromatic heterocycles. The lowest BCUT2D eigenvalue weighted by Gasteiger charge is -2.23. The van der Waals surface area contributed by atoms with E-state index in [4.69, 9.17) is 0 Å². The lowest BCUT2D eigenvalue weighted by Crippen LogP contribution is -2.39. The van der Waals surface area contributed by atoms with Crippen molar-refractivity contribution in [3.8, 4) is 0 Å². The van der Waals surface area contributed by atoms with Crippen LogP contribution in [0.25, 0.3) is 0 Å². The first-order chi connectivity index (χ1) is 6.11. The number of nitrogens with zero attached hydrogens (tertiary/aromatic N) is 2. The van der Waals surface area contributed by atoms with Crippen LogP contribution < -0.4 is 0 Å². The van der Waals surface area contributed by atoms with E-state index in [9.17, 15) is 5.02 Å². The summed E-state index contributed by atoms with van der Waals surface area (Å²) in [5, 5.41) is 9.22. The molecule has 0 heterocycles. The van der Waals surface area contributed by atoms with Gasteiger partial charge in [-0.15, -0.1) is 6.58 Å². The summed E-state index contributed by atoms with van der Waals surface area (Å²) < 4.78 is 0. The summed E-state index contributed by atoms with van der Waals surface area (Å²) in [4.78, 5) is 4.21. The van der Waals surface area contributed by atoms with E-state index in [0.29, 0.717) is 0 Å². The summed E-state index contributed by atoms with van der Waals surface area (Å²) in [7, 11) is 1.56. The molecule has 0 aromatic rings. The molecule has 4 heteroatoms. The molecule has 3 nitrogen and oxygen atoms in total. The van der Waals surface area contributed by atoms with Crippen LogP contribution in [0.1, 0.15) is 6.92 Å². The van der Waals surface area contributed by atoms with Crippen LogP contribution in [0.15, 0.2) is 12.7 Å². The summed E-state index contributed by atoms with van der Waals surface area (Å²) in [6.07, 6.45) is 1.91. The van der Waals surface area contributed by atoms with Gasteiger partial charge >= 0.3 is 7.05 Å². The molecule has 0 saturated heterocycles. The van der Waals surface area contributed by atoms with Gasteiger partial charge in [0.15, 0.2) is 0 Å². The van der Waals surface area contributed by atoms with Crippen LogP contribution in [-0.2, 0) is 0 Å². The molecule has 0 aromatic carbocycles. The predicted octanol–water partition coefficient (Wildman–Crippen LogP) is 0.536. The van der Waals surface area contributed by atoms with Gasteiger partial charge in [0, 0.05) is 19.6 Å². The molecule has 0 aliphatic rings. The maximum Gasteiger partial charge on any atom is 0.376 e. The first kappa shape index (κ1) is 12.7. The molecule has 0 atom stereocenters. The molecule has 0 spiro atoms. The summed E-state index contributed by atoms with van der Waals surface area (Å²) in [6, 6.07) is 0. The third-order valence-electron chi connectivity index (χ3n) is 2.24. The maximum atomic E-state index is 9.22. The summed E-state index contributed by atoms with van der Waals surface area (Å²) in [6.45, 7) is 11.4. The van der Waals surface area contributed by atoms with Gasteiger partial charge in [-0.2, -0.15) is 0 Å². The predicted molar refractivity (Wildman–Crippen MR) is 58.8 cm³/mol. The molecular formula is C9H21BN2O. The van der Waals surface area contributed by atoms with E-state index >= 15 is 0 Å². The van der Waals surface area contributed by atoms with Crippen LogP contribution in [0.5, 0.6) is 0 Å². The van der Waals surface area contributed by atoms with Crippen molar-refractivity contribution in [2.75, 3.05) is 33.2 Å². The molecular weight excluding hydrogens is 163 g/mol. The number of likely N-dealkylation sites (N-methyl/N-ethyl adjacent to an activating group) is 2. The van der Waals surface area contributed by atoms with Crippen LogP contribution in [0.2, 0.25) is 6.82 Å². The normalized spacial score (nSPS) is 10.9. The Kier molecular flexibility index (Phi) is 6.95. The van der Waals surface area contributed by atoms with E-state index in [0.717, 1.165) is 26.2 Å². The zero-order valence-corrected chi connectivity index (χ0v) is 9.03.